The lowest BCUT2D eigenvalue weighted by Gasteiger charge is -2.14. The van der Waals surface area contributed by atoms with E-state index in [0.29, 0.717) is 12.2 Å². The summed E-state index contributed by atoms with van der Waals surface area (Å²) < 4.78 is 18.0. The Bertz CT molecular complexity index is 569. The molecule has 4 heteroatoms. The van der Waals surface area contributed by atoms with Gasteiger partial charge in [-0.25, -0.2) is 9.18 Å². The highest BCUT2D eigenvalue weighted by Crippen LogP contribution is 2.04. The quantitative estimate of drug-likeness (QED) is 0.820. The van der Waals surface area contributed by atoms with Gasteiger partial charge in [0.15, 0.2) is 0 Å². The molecule has 21 heavy (non-hydrogen) atoms. The van der Waals surface area contributed by atoms with Crippen molar-refractivity contribution in [3.8, 4) is 0 Å². The van der Waals surface area contributed by atoms with Gasteiger partial charge in [-0.05, 0) is 24.3 Å². The van der Waals surface area contributed by atoms with Crippen LogP contribution in [0.4, 0.5) is 4.39 Å². The van der Waals surface area contributed by atoms with Crippen LogP contribution in [0.1, 0.15) is 15.9 Å². The van der Waals surface area contributed by atoms with Crippen LogP contribution in [-0.4, -0.2) is 26.2 Å². The number of benzene rings is 2. The molecule has 0 saturated carbocycles. The van der Waals surface area contributed by atoms with Crippen LogP contribution in [0, 0.1) is 5.82 Å². The van der Waals surface area contributed by atoms with Gasteiger partial charge in [-0.1, -0.05) is 30.3 Å². The Kier molecular flexibility index (Phi) is 5.46. The fourth-order valence-electron chi connectivity index (χ4n) is 2.02. The average molecular weight is 288 g/mol. The molecular weight excluding hydrogens is 269 g/mol. The smallest absolute Gasteiger partial charge is 0.338 e. The number of hydrogen-bond acceptors (Lipinski definition) is 2. The summed E-state index contributed by atoms with van der Waals surface area (Å²) in [5.74, 6) is -0.777. The van der Waals surface area contributed by atoms with E-state index in [-0.39, 0.29) is 5.82 Å². The lowest BCUT2D eigenvalue weighted by molar-refractivity contribution is -0.893. The molecule has 0 bridgehead atoms. The number of likely N-dealkylation sites (N-methyl/N-ethyl adjacent to an activating group) is 1. The van der Waals surface area contributed by atoms with E-state index in [1.807, 2.05) is 18.2 Å². The van der Waals surface area contributed by atoms with Crippen LogP contribution in [0.2, 0.25) is 0 Å². The first-order valence-corrected chi connectivity index (χ1v) is 6.93. The van der Waals surface area contributed by atoms with Gasteiger partial charge in [0.2, 0.25) is 0 Å². The van der Waals surface area contributed by atoms with Crippen molar-refractivity contribution in [1.82, 2.24) is 0 Å². The van der Waals surface area contributed by atoms with E-state index in [9.17, 15) is 9.18 Å². The van der Waals surface area contributed by atoms with E-state index in [1.165, 1.54) is 34.7 Å². The van der Waals surface area contributed by atoms with Crippen molar-refractivity contribution >= 4 is 5.97 Å². The Morgan fingerprint density at radius 2 is 1.76 bits per heavy atom. The average Bonchev–Trinajstić information content (AvgIpc) is 2.49. The molecule has 0 radical (unpaired) electrons. The number of ether oxygens (including phenoxy) is 1. The molecular formula is C17H19FNO2+. The minimum atomic E-state index is -0.414. The molecule has 0 aliphatic heterocycles. The van der Waals surface area contributed by atoms with Crippen LogP contribution in [0.5, 0.6) is 0 Å². The lowest BCUT2D eigenvalue weighted by Crippen LogP contribution is -3.08. The minimum absolute atomic E-state index is 0.342. The molecule has 2 rings (SSSR count). The second-order valence-corrected chi connectivity index (χ2v) is 5.01. The second kappa shape index (κ2) is 7.55. The number of hydrogen-bond donors (Lipinski definition) is 1. The van der Waals surface area contributed by atoms with Gasteiger partial charge in [-0.3, -0.25) is 0 Å². The number of carbonyl (C=O) groups excluding carboxylic acids is 1. The molecule has 1 atom stereocenters. The van der Waals surface area contributed by atoms with Gasteiger partial charge in [0.25, 0.3) is 0 Å². The minimum Gasteiger partial charge on any atom is -0.456 e. The molecule has 3 nitrogen and oxygen atoms in total. The van der Waals surface area contributed by atoms with E-state index < -0.39 is 5.97 Å². The summed E-state index contributed by atoms with van der Waals surface area (Å²) >= 11 is 0. The van der Waals surface area contributed by atoms with Gasteiger partial charge in [0, 0.05) is 5.56 Å². The molecule has 2 aromatic rings. The van der Waals surface area contributed by atoms with Crippen LogP contribution in [-0.2, 0) is 11.3 Å². The van der Waals surface area contributed by atoms with Crippen LogP contribution < -0.4 is 4.90 Å². The zero-order valence-electron chi connectivity index (χ0n) is 12.0. The zero-order valence-corrected chi connectivity index (χ0v) is 12.0. The van der Waals surface area contributed by atoms with Crippen molar-refractivity contribution in [2.24, 2.45) is 0 Å². The summed E-state index contributed by atoms with van der Waals surface area (Å²) in [4.78, 5) is 13.0. The number of esters is 1. The van der Waals surface area contributed by atoms with Crippen molar-refractivity contribution in [1.29, 1.82) is 0 Å². The number of halogens is 1. The molecule has 1 N–H and O–H groups in total. The maximum atomic E-state index is 12.8. The first-order valence-electron chi connectivity index (χ1n) is 6.93. The topological polar surface area (TPSA) is 30.7 Å². The molecule has 0 saturated heterocycles. The van der Waals surface area contributed by atoms with Crippen molar-refractivity contribution in [2.45, 2.75) is 6.54 Å². The van der Waals surface area contributed by atoms with Crippen LogP contribution in [0.25, 0.3) is 0 Å². The third kappa shape index (κ3) is 5.00. The number of quaternary nitrogens is 1. The molecule has 0 amide bonds. The van der Waals surface area contributed by atoms with E-state index in [2.05, 4.69) is 19.2 Å². The van der Waals surface area contributed by atoms with Gasteiger partial charge in [-0.15, -0.1) is 0 Å². The van der Waals surface area contributed by atoms with Crippen LogP contribution >= 0.6 is 0 Å². The van der Waals surface area contributed by atoms with E-state index >= 15 is 0 Å². The van der Waals surface area contributed by atoms with E-state index in [1.54, 1.807) is 0 Å². The van der Waals surface area contributed by atoms with Gasteiger partial charge >= 0.3 is 5.97 Å². The fraction of sp³-hybridized carbons (Fsp3) is 0.235. The monoisotopic (exact) mass is 288 g/mol. The molecule has 0 fully saturated rings. The maximum absolute atomic E-state index is 12.8. The molecule has 1 unspecified atom stereocenters. The molecule has 0 spiro atoms. The van der Waals surface area contributed by atoms with Gasteiger partial charge < -0.3 is 9.64 Å². The van der Waals surface area contributed by atoms with Crippen molar-refractivity contribution in [3.63, 3.8) is 0 Å². The zero-order chi connectivity index (χ0) is 15.1. The molecule has 0 aliphatic rings. The predicted octanol–water partition coefficient (Wildman–Crippen LogP) is 1.70. The van der Waals surface area contributed by atoms with Crippen LogP contribution in [0.3, 0.4) is 0 Å². The summed E-state index contributed by atoms with van der Waals surface area (Å²) in [6.07, 6.45) is 0. The highest BCUT2D eigenvalue weighted by molar-refractivity contribution is 5.89. The molecule has 0 aromatic heterocycles. The molecule has 0 aliphatic carbocycles. The number of nitrogens with one attached hydrogen (secondary N) is 1. The maximum Gasteiger partial charge on any atom is 0.338 e. The summed E-state index contributed by atoms with van der Waals surface area (Å²) in [6.45, 7) is 1.95. The summed E-state index contributed by atoms with van der Waals surface area (Å²) in [7, 11) is 2.05. The Morgan fingerprint density at radius 3 is 2.43 bits per heavy atom. The van der Waals surface area contributed by atoms with Crippen molar-refractivity contribution in [3.05, 3.63) is 71.5 Å². The SMILES string of the molecule is C[NH+](CCOC(=O)c1ccc(F)cc1)Cc1ccccc1. The normalized spacial score (nSPS) is 11.9. The molecule has 110 valence electrons. The van der Waals surface area contributed by atoms with E-state index in [4.69, 9.17) is 4.74 Å². The second-order valence-electron chi connectivity index (χ2n) is 5.01. The third-order valence-electron chi connectivity index (χ3n) is 3.19. The van der Waals surface area contributed by atoms with Gasteiger partial charge in [-0.2, -0.15) is 0 Å². The number of rotatable bonds is 6. The molecule has 2 aromatic carbocycles. The fourth-order valence-corrected chi connectivity index (χ4v) is 2.02. The Morgan fingerprint density at radius 1 is 1.10 bits per heavy atom. The Labute approximate surface area is 124 Å². The lowest BCUT2D eigenvalue weighted by atomic mass is 10.2. The third-order valence-corrected chi connectivity index (χ3v) is 3.19. The first-order chi connectivity index (χ1) is 10.1. The van der Waals surface area contributed by atoms with Gasteiger partial charge in [0.1, 0.15) is 25.5 Å². The highest BCUT2D eigenvalue weighted by Gasteiger charge is 2.09. The Hall–Kier alpha value is -2.20. The van der Waals surface area contributed by atoms with Gasteiger partial charge in [0.05, 0.1) is 12.6 Å². The summed E-state index contributed by atoms with van der Waals surface area (Å²) in [6, 6.07) is 15.5. The summed E-state index contributed by atoms with van der Waals surface area (Å²) in [5, 5.41) is 0. The van der Waals surface area contributed by atoms with Crippen molar-refractivity contribution in [2.75, 3.05) is 20.2 Å². The number of carbonyl (C=O) groups is 1. The highest BCUT2D eigenvalue weighted by atomic mass is 19.1. The summed E-state index contributed by atoms with van der Waals surface area (Å²) in [5.41, 5.74) is 1.62. The van der Waals surface area contributed by atoms with E-state index in [0.717, 1.165) is 13.1 Å². The molecule has 0 heterocycles. The van der Waals surface area contributed by atoms with Crippen molar-refractivity contribution < 1.29 is 18.8 Å². The van der Waals surface area contributed by atoms with Crippen LogP contribution in [0.15, 0.2) is 54.6 Å². The Balaban J connectivity index is 1.73. The first kappa shape index (κ1) is 15.2. The standard InChI is InChI=1S/C17H18FNO2/c1-19(13-14-5-3-2-4-6-14)11-12-21-17(20)15-7-9-16(18)10-8-15/h2-10H,11-13H2,1H3/p+1. The predicted molar refractivity (Wildman–Crippen MR) is 78.6 cm³/mol. The largest absolute Gasteiger partial charge is 0.456 e.